The van der Waals surface area contributed by atoms with Crippen LogP contribution in [0.2, 0.25) is 0 Å². The third-order valence-electron chi connectivity index (χ3n) is 3.32. The van der Waals surface area contributed by atoms with Crippen molar-refractivity contribution in [2.45, 2.75) is 26.3 Å². The van der Waals surface area contributed by atoms with Crippen molar-refractivity contribution in [2.24, 2.45) is 12.9 Å². The fourth-order valence-corrected chi connectivity index (χ4v) is 2.13. The van der Waals surface area contributed by atoms with Gasteiger partial charge in [-0.2, -0.15) is 5.10 Å². The van der Waals surface area contributed by atoms with Crippen LogP contribution in [-0.4, -0.2) is 9.78 Å². The number of nitrogens with zero attached hydrogens (tertiary/aromatic N) is 2. The summed E-state index contributed by atoms with van der Waals surface area (Å²) in [6.45, 7) is 3.78. The summed E-state index contributed by atoms with van der Waals surface area (Å²) in [6.07, 6.45) is 0.855. The Kier molecular flexibility index (Phi) is 3.97. The molecule has 0 aliphatic carbocycles. The number of benzene rings is 1. The van der Waals surface area contributed by atoms with Crippen LogP contribution in [0.15, 0.2) is 24.3 Å². The van der Waals surface area contributed by atoms with E-state index in [-0.39, 0.29) is 11.9 Å². The maximum absolute atomic E-state index is 13.7. The molecule has 1 unspecified atom stereocenters. The van der Waals surface area contributed by atoms with Crippen molar-refractivity contribution < 1.29 is 4.39 Å². The summed E-state index contributed by atoms with van der Waals surface area (Å²) in [5, 5.41) is 4.39. The Bertz CT molecular complexity index is 577. The molecule has 4 nitrogen and oxygen atoms in total. The van der Waals surface area contributed by atoms with Crippen molar-refractivity contribution in [1.82, 2.24) is 15.2 Å². The number of hydrazine groups is 1. The molecule has 1 aromatic heterocycles. The summed E-state index contributed by atoms with van der Waals surface area (Å²) in [5.41, 5.74) is 6.05. The lowest BCUT2D eigenvalue weighted by Gasteiger charge is -2.17. The van der Waals surface area contributed by atoms with E-state index in [4.69, 9.17) is 5.84 Å². The summed E-state index contributed by atoms with van der Waals surface area (Å²) < 4.78 is 15.5. The molecule has 1 atom stereocenters. The maximum Gasteiger partial charge on any atom is 0.126 e. The molecule has 5 heteroatoms. The van der Waals surface area contributed by atoms with Gasteiger partial charge in [0.2, 0.25) is 0 Å². The minimum Gasteiger partial charge on any atom is -0.271 e. The van der Waals surface area contributed by atoms with E-state index < -0.39 is 0 Å². The third kappa shape index (κ3) is 2.67. The highest BCUT2D eigenvalue weighted by Crippen LogP contribution is 2.23. The minimum atomic E-state index is -0.270. The number of aromatic nitrogens is 2. The first-order chi connectivity index (χ1) is 9.06. The van der Waals surface area contributed by atoms with Crippen molar-refractivity contribution in [2.75, 3.05) is 0 Å². The molecular formula is C14H19FN4. The van der Waals surface area contributed by atoms with Gasteiger partial charge in [0.1, 0.15) is 5.82 Å². The van der Waals surface area contributed by atoms with Crippen LogP contribution in [0.5, 0.6) is 0 Å². The number of nitrogens with one attached hydrogen (secondary N) is 1. The van der Waals surface area contributed by atoms with E-state index in [2.05, 4.69) is 10.5 Å². The molecule has 2 rings (SSSR count). The van der Waals surface area contributed by atoms with Gasteiger partial charge in [-0.3, -0.25) is 10.5 Å². The second kappa shape index (κ2) is 5.50. The molecule has 0 amide bonds. The van der Waals surface area contributed by atoms with Crippen LogP contribution in [0.1, 0.15) is 35.5 Å². The molecule has 0 bridgehead atoms. The molecule has 0 radical (unpaired) electrons. The van der Waals surface area contributed by atoms with Gasteiger partial charge < -0.3 is 0 Å². The first-order valence-corrected chi connectivity index (χ1v) is 6.31. The lowest BCUT2D eigenvalue weighted by Crippen LogP contribution is -2.30. The van der Waals surface area contributed by atoms with Gasteiger partial charge >= 0.3 is 0 Å². The molecular weight excluding hydrogens is 243 g/mol. The van der Waals surface area contributed by atoms with Gasteiger partial charge in [-0.05, 0) is 36.6 Å². The Hall–Kier alpha value is -1.72. The lowest BCUT2D eigenvalue weighted by molar-refractivity contribution is 0.564. The Labute approximate surface area is 112 Å². The summed E-state index contributed by atoms with van der Waals surface area (Å²) in [6, 6.07) is 6.86. The van der Waals surface area contributed by atoms with Gasteiger partial charge in [-0.15, -0.1) is 0 Å². The zero-order chi connectivity index (χ0) is 14.0. The molecule has 2 aromatic rings. The predicted molar refractivity (Wildman–Crippen MR) is 72.9 cm³/mol. The molecule has 102 valence electrons. The fraction of sp³-hybridized carbons (Fsp3) is 0.357. The van der Waals surface area contributed by atoms with Crippen LogP contribution in [0.25, 0.3) is 0 Å². The van der Waals surface area contributed by atoms with E-state index in [1.54, 1.807) is 17.7 Å². The number of aryl methyl sites for hydroxylation is 3. The Morgan fingerprint density at radius 2 is 2.16 bits per heavy atom. The molecule has 0 aliphatic rings. The van der Waals surface area contributed by atoms with Crippen molar-refractivity contribution in [3.63, 3.8) is 0 Å². The number of halogens is 1. The summed E-state index contributed by atoms with van der Waals surface area (Å²) in [7, 11) is 1.86. The number of hydrogen-bond acceptors (Lipinski definition) is 3. The normalized spacial score (nSPS) is 12.7. The van der Waals surface area contributed by atoms with E-state index in [1.165, 1.54) is 6.07 Å². The number of nitrogens with two attached hydrogens (primary N) is 1. The smallest absolute Gasteiger partial charge is 0.126 e. The molecule has 0 aliphatic heterocycles. The minimum absolute atomic E-state index is 0.226. The molecule has 3 N–H and O–H groups in total. The molecule has 0 spiro atoms. The zero-order valence-electron chi connectivity index (χ0n) is 11.4. The highest BCUT2D eigenvalue weighted by molar-refractivity contribution is 5.32. The van der Waals surface area contributed by atoms with Crippen LogP contribution in [0.3, 0.4) is 0 Å². The summed E-state index contributed by atoms with van der Waals surface area (Å²) in [4.78, 5) is 0. The highest BCUT2D eigenvalue weighted by Gasteiger charge is 2.18. The summed E-state index contributed by atoms with van der Waals surface area (Å²) in [5.74, 6) is 5.40. The summed E-state index contributed by atoms with van der Waals surface area (Å²) >= 11 is 0. The SMILES string of the molecule is CCc1cc(C(NN)c2ccc(C)c(F)c2)n(C)n1. The maximum atomic E-state index is 13.7. The van der Waals surface area contributed by atoms with Crippen molar-refractivity contribution >= 4 is 0 Å². The van der Waals surface area contributed by atoms with Gasteiger partial charge in [-0.25, -0.2) is 9.82 Å². The number of rotatable bonds is 4. The lowest BCUT2D eigenvalue weighted by atomic mass is 10.0. The van der Waals surface area contributed by atoms with E-state index in [1.807, 2.05) is 26.1 Å². The fourth-order valence-electron chi connectivity index (χ4n) is 2.13. The van der Waals surface area contributed by atoms with Crippen LogP contribution in [-0.2, 0) is 13.5 Å². The third-order valence-corrected chi connectivity index (χ3v) is 3.32. The zero-order valence-corrected chi connectivity index (χ0v) is 11.4. The average Bonchev–Trinajstić information content (AvgIpc) is 2.76. The molecule has 19 heavy (non-hydrogen) atoms. The average molecular weight is 262 g/mol. The molecule has 0 fully saturated rings. The Morgan fingerprint density at radius 1 is 1.42 bits per heavy atom. The Balaban J connectivity index is 2.43. The van der Waals surface area contributed by atoms with Crippen molar-refractivity contribution in [3.8, 4) is 0 Å². The molecule has 0 saturated heterocycles. The molecule has 1 aromatic carbocycles. The van der Waals surface area contributed by atoms with Crippen LogP contribution in [0.4, 0.5) is 4.39 Å². The van der Waals surface area contributed by atoms with Gasteiger partial charge in [0.25, 0.3) is 0 Å². The first kappa shape index (κ1) is 13.7. The standard InChI is InChI=1S/C14H19FN4/c1-4-11-8-13(19(3)18-11)14(17-16)10-6-5-9(2)12(15)7-10/h5-8,14,17H,4,16H2,1-3H3. The predicted octanol–water partition coefficient (Wildman–Crippen LogP) is 1.98. The molecule has 1 heterocycles. The second-order valence-corrected chi connectivity index (χ2v) is 4.65. The van der Waals surface area contributed by atoms with Crippen LogP contribution in [0, 0.1) is 12.7 Å². The van der Waals surface area contributed by atoms with Crippen LogP contribution < -0.4 is 11.3 Å². The molecule has 0 saturated carbocycles. The van der Waals surface area contributed by atoms with Gasteiger partial charge in [-0.1, -0.05) is 19.1 Å². The van der Waals surface area contributed by atoms with E-state index in [9.17, 15) is 4.39 Å². The van der Waals surface area contributed by atoms with Crippen molar-refractivity contribution in [1.29, 1.82) is 0 Å². The van der Waals surface area contributed by atoms with Gasteiger partial charge in [0, 0.05) is 7.05 Å². The van der Waals surface area contributed by atoms with Gasteiger partial charge in [0.15, 0.2) is 0 Å². The topological polar surface area (TPSA) is 55.9 Å². The largest absolute Gasteiger partial charge is 0.271 e. The second-order valence-electron chi connectivity index (χ2n) is 4.65. The number of hydrogen-bond donors (Lipinski definition) is 2. The van der Waals surface area contributed by atoms with E-state index in [0.717, 1.165) is 23.4 Å². The quantitative estimate of drug-likeness (QED) is 0.654. The van der Waals surface area contributed by atoms with E-state index >= 15 is 0 Å². The van der Waals surface area contributed by atoms with Crippen LogP contribution >= 0.6 is 0 Å². The van der Waals surface area contributed by atoms with E-state index in [0.29, 0.717) is 5.56 Å². The highest BCUT2D eigenvalue weighted by atomic mass is 19.1. The first-order valence-electron chi connectivity index (χ1n) is 6.31. The van der Waals surface area contributed by atoms with Gasteiger partial charge in [0.05, 0.1) is 17.4 Å². The Morgan fingerprint density at radius 3 is 2.68 bits per heavy atom. The monoisotopic (exact) mass is 262 g/mol. The van der Waals surface area contributed by atoms with Crippen molar-refractivity contribution in [3.05, 3.63) is 52.6 Å².